The lowest BCUT2D eigenvalue weighted by molar-refractivity contribution is 1.21. The number of hydrogen-bond acceptors (Lipinski definition) is 5. The summed E-state index contributed by atoms with van der Waals surface area (Å²) in [5, 5.41) is 2.57. The maximum absolute atomic E-state index is 5.04. The van der Waals surface area contributed by atoms with Gasteiger partial charge in [-0.2, -0.15) is 0 Å². The van der Waals surface area contributed by atoms with Crippen molar-refractivity contribution in [2.45, 2.75) is 0 Å². The van der Waals surface area contributed by atoms with Crippen molar-refractivity contribution in [2.75, 3.05) is 4.90 Å². The summed E-state index contributed by atoms with van der Waals surface area (Å²) in [5.41, 5.74) is 8.83. The van der Waals surface area contributed by atoms with Gasteiger partial charge in [0.1, 0.15) is 0 Å². The number of rotatable bonds is 4. The summed E-state index contributed by atoms with van der Waals surface area (Å²) in [6, 6.07) is 47.7. The average Bonchev–Trinajstić information content (AvgIpc) is 3.67. The highest BCUT2D eigenvalue weighted by Crippen LogP contribution is 2.47. The van der Waals surface area contributed by atoms with Crippen molar-refractivity contribution in [1.29, 1.82) is 0 Å². The summed E-state index contributed by atoms with van der Waals surface area (Å²) in [5.74, 6) is 0. The summed E-state index contributed by atoms with van der Waals surface area (Å²) >= 11 is 3.83. The minimum absolute atomic E-state index is 0.170. The van der Waals surface area contributed by atoms with Gasteiger partial charge >= 0.3 is 0 Å². The van der Waals surface area contributed by atoms with Gasteiger partial charge in [0, 0.05) is 46.5 Å². The number of anilines is 3. The van der Waals surface area contributed by atoms with E-state index in [2.05, 4.69) is 125 Å². The number of hydrogen-bond donors (Lipinski definition) is 0. The van der Waals surface area contributed by atoms with Crippen LogP contribution < -0.4 is 19.9 Å². The van der Waals surface area contributed by atoms with Crippen LogP contribution in [0.3, 0.4) is 0 Å². The van der Waals surface area contributed by atoms with Gasteiger partial charge in [-0.15, -0.1) is 22.7 Å². The lowest BCUT2D eigenvalue weighted by Crippen LogP contribution is -2.54. The summed E-state index contributed by atoms with van der Waals surface area (Å²) in [6.07, 6.45) is 3.70. The Labute approximate surface area is 263 Å². The van der Waals surface area contributed by atoms with E-state index in [4.69, 9.17) is 4.98 Å². The smallest absolute Gasteiger partial charge is 0.272 e. The van der Waals surface area contributed by atoms with Crippen molar-refractivity contribution in [3.8, 4) is 22.5 Å². The van der Waals surface area contributed by atoms with Crippen LogP contribution in [0.4, 0.5) is 17.1 Å². The molecule has 0 radical (unpaired) electrons. The largest absolute Gasteiger partial charge is 0.309 e. The highest BCUT2D eigenvalue weighted by Gasteiger charge is 2.40. The Morgan fingerprint density at radius 1 is 0.523 bits per heavy atom. The maximum atomic E-state index is 5.04. The number of aromatic nitrogens is 2. The van der Waals surface area contributed by atoms with E-state index in [0.717, 1.165) is 28.2 Å². The monoisotopic (exact) mass is 597 g/mol. The van der Waals surface area contributed by atoms with Gasteiger partial charge in [0.05, 0.1) is 35.2 Å². The Kier molecular flexibility index (Phi) is 5.96. The van der Waals surface area contributed by atoms with Crippen LogP contribution in [0.2, 0.25) is 0 Å². The van der Waals surface area contributed by atoms with E-state index in [1.807, 2.05) is 53.3 Å². The number of fused-ring (bicyclic) bond motifs is 6. The summed E-state index contributed by atoms with van der Waals surface area (Å²) in [4.78, 5) is 12.1. The fourth-order valence-corrected chi connectivity index (χ4v) is 9.18. The molecule has 1 aliphatic heterocycles. The first-order chi connectivity index (χ1) is 21.8. The van der Waals surface area contributed by atoms with Gasteiger partial charge < -0.3 is 4.90 Å². The van der Waals surface area contributed by atoms with E-state index in [1.165, 1.54) is 46.6 Å². The summed E-state index contributed by atoms with van der Waals surface area (Å²) < 4.78 is 5.38. The fourth-order valence-electron chi connectivity index (χ4n) is 6.45. The molecule has 3 nitrogen and oxygen atoms in total. The van der Waals surface area contributed by atoms with Crippen molar-refractivity contribution < 1.29 is 0 Å². The molecule has 0 spiro atoms. The highest BCUT2D eigenvalue weighted by molar-refractivity contribution is 7.40. The van der Waals surface area contributed by atoms with Crippen LogP contribution in [0.25, 0.3) is 42.7 Å². The van der Waals surface area contributed by atoms with Gasteiger partial charge in [-0.1, -0.05) is 115 Å². The fraction of sp³-hybridized carbons (Fsp3) is 0. The molecule has 0 amide bonds. The van der Waals surface area contributed by atoms with Crippen LogP contribution >= 0.6 is 22.7 Å². The van der Waals surface area contributed by atoms with Crippen molar-refractivity contribution >= 4 is 81.6 Å². The predicted molar refractivity (Wildman–Crippen MR) is 189 cm³/mol. The molecule has 206 valence electrons. The van der Waals surface area contributed by atoms with E-state index in [9.17, 15) is 0 Å². The lowest BCUT2D eigenvalue weighted by atomic mass is 9.41. The first-order valence-electron chi connectivity index (χ1n) is 14.7. The second-order valence-corrected chi connectivity index (χ2v) is 13.2. The van der Waals surface area contributed by atoms with Crippen LogP contribution in [0.5, 0.6) is 0 Å². The molecule has 0 fully saturated rings. The minimum atomic E-state index is 0.170. The molecule has 0 saturated carbocycles. The zero-order valence-corrected chi connectivity index (χ0v) is 25.2. The Morgan fingerprint density at radius 2 is 1.07 bits per heavy atom. The maximum Gasteiger partial charge on any atom is 0.272 e. The summed E-state index contributed by atoms with van der Waals surface area (Å²) in [6.45, 7) is 0.170. The summed E-state index contributed by atoms with van der Waals surface area (Å²) in [7, 11) is 0. The van der Waals surface area contributed by atoms with Gasteiger partial charge in [-0.3, -0.25) is 4.98 Å². The van der Waals surface area contributed by atoms with E-state index in [0.29, 0.717) is 0 Å². The Morgan fingerprint density at radius 3 is 1.73 bits per heavy atom. The minimum Gasteiger partial charge on any atom is -0.309 e. The van der Waals surface area contributed by atoms with Gasteiger partial charge in [-0.25, -0.2) is 4.98 Å². The van der Waals surface area contributed by atoms with Crippen LogP contribution in [-0.2, 0) is 0 Å². The van der Waals surface area contributed by atoms with E-state index >= 15 is 0 Å². The topological polar surface area (TPSA) is 29.0 Å². The molecule has 1 aliphatic rings. The molecule has 0 N–H and O–H groups in total. The van der Waals surface area contributed by atoms with Crippen LogP contribution in [0, 0.1) is 0 Å². The molecule has 6 heteroatoms. The van der Waals surface area contributed by atoms with E-state index < -0.39 is 0 Å². The molecule has 0 bridgehead atoms. The molecule has 0 saturated heterocycles. The third-order valence-corrected chi connectivity index (χ3v) is 10.8. The molecule has 4 heterocycles. The SMILES string of the molecule is c1ccc(B2c3sc4ccccc4c3N(c3cccc(-c4cncc(-c5ccccc5)n4)c3)c3c2sc2ccccc32)cc1. The predicted octanol–water partition coefficient (Wildman–Crippen LogP) is 8.54. The third-order valence-electron chi connectivity index (χ3n) is 8.40. The van der Waals surface area contributed by atoms with E-state index in [-0.39, 0.29) is 6.71 Å². The molecular weight excluding hydrogens is 573 g/mol. The normalized spacial score (nSPS) is 12.5. The van der Waals surface area contributed by atoms with Crippen molar-refractivity contribution in [3.05, 3.63) is 146 Å². The zero-order chi connectivity index (χ0) is 29.0. The molecule has 0 aliphatic carbocycles. The van der Waals surface area contributed by atoms with Crippen molar-refractivity contribution in [1.82, 2.24) is 9.97 Å². The molecule has 8 aromatic rings. The third kappa shape index (κ3) is 4.03. The standard InChI is InChI=1S/C38H24BN3S2/c1-3-12-25(13-4-1)31-23-40-24-32(41-31)26-14-11-17-28(22-26)42-35-29-18-7-9-20-33(29)43-37(35)39(27-15-5-2-6-16-27)38-36(42)30-19-8-10-21-34(30)44-38/h1-24H. The van der Waals surface area contributed by atoms with Gasteiger partial charge in [-0.05, 0) is 24.3 Å². The first-order valence-corrected chi connectivity index (χ1v) is 16.3. The lowest BCUT2D eigenvalue weighted by Gasteiger charge is -2.34. The molecule has 9 rings (SSSR count). The number of thiophene rings is 2. The second kappa shape index (κ2) is 10.3. The molecule has 0 unspecified atom stereocenters. The molecule has 5 aromatic carbocycles. The zero-order valence-electron chi connectivity index (χ0n) is 23.6. The molecule has 3 aromatic heterocycles. The van der Waals surface area contributed by atoms with Gasteiger partial charge in [0.15, 0.2) is 0 Å². The Hall–Kier alpha value is -5.04. The Balaban J connectivity index is 1.29. The van der Waals surface area contributed by atoms with Crippen molar-refractivity contribution in [2.24, 2.45) is 0 Å². The van der Waals surface area contributed by atoms with Crippen molar-refractivity contribution in [3.63, 3.8) is 0 Å². The van der Waals surface area contributed by atoms with E-state index in [1.54, 1.807) is 0 Å². The van der Waals surface area contributed by atoms with Crippen LogP contribution in [0.15, 0.2) is 146 Å². The van der Waals surface area contributed by atoms with Gasteiger partial charge in [0.2, 0.25) is 0 Å². The quantitative estimate of drug-likeness (QED) is 0.191. The number of nitrogens with zero attached hydrogens (tertiary/aromatic N) is 3. The van der Waals surface area contributed by atoms with Crippen LogP contribution in [0.1, 0.15) is 0 Å². The first kappa shape index (κ1) is 25.5. The molecule has 44 heavy (non-hydrogen) atoms. The average molecular weight is 598 g/mol. The highest BCUT2D eigenvalue weighted by atomic mass is 32.1. The number of benzene rings is 5. The van der Waals surface area contributed by atoms with Gasteiger partial charge in [0.25, 0.3) is 6.71 Å². The molecule has 0 atom stereocenters. The Bertz CT molecular complexity index is 2230. The molecular formula is C38H24BN3S2. The van der Waals surface area contributed by atoms with Crippen LogP contribution in [-0.4, -0.2) is 16.7 Å². The second-order valence-electron chi connectivity index (χ2n) is 11.0.